The SMILES string of the molecule is Cc1cc2cc(O)c(O)cc2[n+](C)c1. The van der Waals surface area contributed by atoms with E-state index in [0.29, 0.717) is 0 Å². The molecule has 0 saturated carbocycles. The van der Waals surface area contributed by atoms with Crippen molar-refractivity contribution >= 4 is 10.9 Å². The summed E-state index contributed by atoms with van der Waals surface area (Å²) in [4.78, 5) is 0. The van der Waals surface area contributed by atoms with E-state index in [-0.39, 0.29) is 11.5 Å². The van der Waals surface area contributed by atoms with Crippen LogP contribution in [0.25, 0.3) is 10.9 Å². The number of hydrogen-bond donors (Lipinski definition) is 2. The Labute approximate surface area is 81.9 Å². The van der Waals surface area contributed by atoms with Crippen molar-refractivity contribution in [3.63, 3.8) is 0 Å². The summed E-state index contributed by atoms with van der Waals surface area (Å²) in [7, 11) is 1.91. The van der Waals surface area contributed by atoms with Crippen molar-refractivity contribution in [2.45, 2.75) is 6.92 Å². The third kappa shape index (κ3) is 1.27. The summed E-state index contributed by atoms with van der Waals surface area (Å²) in [5.74, 6) is -0.167. The van der Waals surface area contributed by atoms with Gasteiger partial charge in [0.15, 0.2) is 17.7 Å². The lowest BCUT2D eigenvalue weighted by atomic mass is 10.1. The van der Waals surface area contributed by atoms with E-state index in [9.17, 15) is 10.2 Å². The van der Waals surface area contributed by atoms with Gasteiger partial charge in [0.1, 0.15) is 7.05 Å². The van der Waals surface area contributed by atoms with Crippen LogP contribution in [0, 0.1) is 6.92 Å². The average Bonchev–Trinajstić information content (AvgIpc) is 2.08. The van der Waals surface area contributed by atoms with Gasteiger partial charge in [0.25, 0.3) is 0 Å². The van der Waals surface area contributed by atoms with Gasteiger partial charge in [-0.15, -0.1) is 0 Å². The molecule has 0 bridgehead atoms. The molecule has 0 unspecified atom stereocenters. The van der Waals surface area contributed by atoms with Crippen LogP contribution in [0.3, 0.4) is 0 Å². The topological polar surface area (TPSA) is 44.3 Å². The summed E-state index contributed by atoms with van der Waals surface area (Å²) in [6, 6.07) is 5.09. The van der Waals surface area contributed by atoms with Crippen LogP contribution in [0.2, 0.25) is 0 Å². The van der Waals surface area contributed by atoms with Gasteiger partial charge in [0, 0.05) is 5.56 Å². The van der Waals surface area contributed by atoms with Gasteiger partial charge in [0.2, 0.25) is 5.52 Å². The van der Waals surface area contributed by atoms with E-state index >= 15 is 0 Å². The van der Waals surface area contributed by atoms with E-state index in [1.807, 2.05) is 30.8 Å². The minimum Gasteiger partial charge on any atom is -0.504 e. The number of nitrogens with zero attached hydrogens (tertiary/aromatic N) is 1. The number of rotatable bonds is 0. The minimum atomic E-state index is -0.0862. The molecule has 1 aromatic carbocycles. The molecule has 1 aromatic heterocycles. The Morgan fingerprint density at radius 2 is 1.71 bits per heavy atom. The van der Waals surface area contributed by atoms with E-state index < -0.39 is 0 Å². The molecule has 2 aromatic rings. The highest BCUT2D eigenvalue weighted by Crippen LogP contribution is 2.28. The predicted molar refractivity (Wildman–Crippen MR) is 53.2 cm³/mol. The maximum atomic E-state index is 9.35. The summed E-state index contributed by atoms with van der Waals surface area (Å²) >= 11 is 0. The van der Waals surface area contributed by atoms with Crippen molar-refractivity contribution in [2.24, 2.45) is 7.05 Å². The maximum Gasteiger partial charge on any atom is 0.216 e. The first-order valence-electron chi connectivity index (χ1n) is 4.40. The zero-order valence-corrected chi connectivity index (χ0v) is 8.15. The molecule has 14 heavy (non-hydrogen) atoms. The Bertz CT molecular complexity index is 506. The Balaban J connectivity index is 2.89. The second kappa shape index (κ2) is 2.87. The molecular weight excluding hydrogens is 178 g/mol. The molecule has 0 aliphatic rings. The number of aromatic hydroxyl groups is 2. The van der Waals surface area contributed by atoms with Gasteiger partial charge in [-0.05, 0) is 19.1 Å². The van der Waals surface area contributed by atoms with Crippen LogP contribution in [0.1, 0.15) is 5.56 Å². The van der Waals surface area contributed by atoms with Crippen LogP contribution in [-0.2, 0) is 7.05 Å². The minimum absolute atomic E-state index is 0.0805. The van der Waals surface area contributed by atoms with Crippen molar-refractivity contribution in [3.8, 4) is 11.5 Å². The van der Waals surface area contributed by atoms with Gasteiger partial charge < -0.3 is 10.2 Å². The molecule has 72 valence electrons. The number of aromatic nitrogens is 1. The average molecular weight is 190 g/mol. The van der Waals surface area contributed by atoms with Gasteiger partial charge in [0.05, 0.1) is 11.5 Å². The lowest BCUT2D eigenvalue weighted by Gasteiger charge is -2.01. The van der Waals surface area contributed by atoms with Crippen molar-refractivity contribution in [1.82, 2.24) is 0 Å². The van der Waals surface area contributed by atoms with Crippen molar-refractivity contribution in [3.05, 3.63) is 30.0 Å². The van der Waals surface area contributed by atoms with Crippen LogP contribution in [-0.4, -0.2) is 10.2 Å². The Morgan fingerprint density at radius 1 is 1.07 bits per heavy atom. The lowest BCUT2D eigenvalue weighted by molar-refractivity contribution is -0.645. The molecule has 0 aliphatic heterocycles. The molecule has 0 spiro atoms. The first kappa shape index (κ1) is 8.81. The second-order valence-corrected chi connectivity index (χ2v) is 3.53. The summed E-state index contributed by atoms with van der Waals surface area (Å²) in [5, 5.41) is 19.6. The number of phenolic OH excluding ortho intramolecular Hbond substituents is 2. The molecule has 3 nitrogen and oxygen atoms in total. The van der Waals surface area contributed by atoms with E-state index in [1.165, 1.54) is 0 Å². The molecule has 0 fully saturated rings. The fraction of sp³-hybridized carbons (Fsp3) is 0.182. The van der Waals surface area contributed by atoms with Crippen molar-refractivity contribution in [2.75, 3.05) is 0 Å². The first-order chi connectivity index (χ1) is 6.58. The van der Waals surface area contributed by atoms with Gasteiger partial charge >= 0.3 is 0 Å². The summed E-state index contributed by atoms with van der Waals surface area (Å²) < 4.78 is 1.92. The molecule has 3 heteroatoms. The summed E-state index contributed by atoms with van der Waals surface area (Å²) in [5.41, 5.74) is 2.01. The van der Waals surface area contributed by atoms with E-state index in [0.717, 1.165) is 16.5 Å². The molecule has 0 radical (unpaired) electrons. The Kier molecular flexibility index (Phi) is 1.81. The molecule has 2 rings (SSSR count). The summed E-state index contributed by atoms with van der Waals surface area (Å²) in [6.45, 7) is 1.99. The molecule has 0 aliphatic carbocycles. The van der Waals surface area contributed by atoms with Gasteiger partial charge in [-0.3, -0.25) is 0 Å². The number of benzene rings is 1. The van der Waals surface area contributed by atoms with Crippen molar-refractivity contribution in [1.29, 1.82) is 0 Å². The first-order valence-corrected chi connectivity index (χ1v) is 4.40. The van der Waals surface area contributed by atoms with Crippen LogP contribution < -0.4 is 4.57 Å². The van der Waals surface area contributed by atoms with Gasteiger partial charge in [-0.2, -0.15) is 0 Å². The number of phenols is 2. The van der Waals surface area contributed by atoms with Gasteiger partial charge in [-0.1, -0.05) is 0 Å². The standard InChI is InChI=1S/C11H11NO2/c1-7-3-8-4-10(13)11(14)5-9(8)12(2)6-7/h3-6,13H,1-2H3/p+1. The molecular formula is C11H12NO2+. The molecule has 0 amide bonds. The Hall–Kier alpha value is -1.77. The predicted octanol–water partition coefficient (Wildman–Crippen LogP) is 1.38. The number of fused-ring (bicyclic) bond motifs is 1. The van der Waals surface area contributed by atoms with Gasteiger partial charge in [-0.25, -0.2) is 4.57 Å². The smallest absolute Gasteiger partial charge is 0.216 e. The number of hydrogen-bond acceptors (Lipinski definition) is 2. The lowest BCUT2D eigenvalue weighted by Crippen LogP contribution is -2.28. The van der Waals surface area contributed by atoms with E-state index in [2.05, 4.69) is 0 Å². The highest BCUT2D eigenvalue weighted by molar-refractivity contribution is 5.80. The number of pyridine rings is 1. The van der Waals surface area contributed by atoms with Crippen LogP contribution >= 0.6 is 0 Å². The fourth-order valence-corrected chi connectivity index (χ4v) is 1.66. The monoisotopic (exact) mass is 190 g/mol. The quantitative estimate of drug-likeness (QED) is 0.487. The van der Waals surface area contributed by atoms with Crippen molar-refractivity contribution < 1.29 is 14.8 Å². The zero-order chi connectivity index (χ0) is 10.3. The largest absolute Gasteiger partial charge is 0.504 e. The maximum absolute atomic E-state index is 9.35. The second-order valence-electron chi connectivity index (χ2n) is 3.53. The highest BCUT2D eigenvalue weighted by Gasteiger charge is 2.10. The molecule has 2 N–H and O–H groups in total. The zero-order valence-electron chi connectivity index (χ0n) is 8.15. The molecule has 1 heterocycles. The third-order valence-corrected chi connectivity index (χ3v) is 2.28. The normalized spacial score (nSPS) is 10.7. The number of aryl methyl sites for hydroxylation is 2. The summed E-state index contributed by atoms with van der Waals surface area (Å²) in [6.07, 6.45) is 1.97. The molecule has 0 atom stereocenters. The van der Waals surface area contributed by atoms with Crippen LogP contribution in [0.5, 0.6) is 11.5 Å². The Morgan fingerprint density at radius 3 is 2.43 bits per heavy atom. The molecule has 0 saturated heterocycles. The van der Waals surface area contributed by atoms with E-state index in [1.54, 1.807) is 12.1 Å². The third-order valence-electron chi connectivity index (χ3n) is 2.28. The highest BCUT2D eigenvalue weighted by atomic mass is 16.3. The van der Waals surface area contributed by atoms with E-state index in [4.69, 9.17) is 0 Å². The fourth-order valence-electron chi connectivity index (χ4n) is 1.66. The van der Waals surface area contributed by atoms with Crippen LogP contribution in [0.4, 0.5) is 0 Å². The van der Waals surface area contributed by atoms with Crippen LogP contribution in [0.15, 0.2) is 24.4 Å².